The molecule has 0 bridgehead atoms. The average Bonchev–Trinajstić information content (AvgIpc) is 3.25. The largest absolute Gasteiger partial charge is 0.459 e. The van der Waals surface area contributed by atoms with E-state index in [1.165, 1.54) is 6.26 Å². The van der Waals surface area contributed by atoms with E-state index in [0.29, 0.717) is 5.69 Å². The van der Waals surface area contributed by atoms with Crippen LogP contribution in [0.1, 0.15) is 16.2 Å². The second kappa shape index (κ2) is 5.66. The summed E-state index contributed by atoms with van der Waals surface area (Å²) in [6, 6.07) is 15.0. The molecule has 0 atom stereocenters. The predicted octanol–water partition coefficient (Wildman–Crippen LogP) is 3.57. The molecular formula is C18H14N4O2. The number of nitrogens with one attached hydrogen (secondary N) is 1. The molecule has 0 unspecified atom stereocenters. The summed E-state index contributed by atoms with van der Waals surface area (Å²) in [6.07, 6.45) is 3.08. The van der Waals surface area contributed by atoms with Crippen LogP contribution in [-0.2, 0) is 0 Å². The van der Waals surface area contributed by atoms with E-state index in [4.69, 9.17) is 4.42 Å². The molecule has 0 saturated carbocycles. The Hall–Kier alpha value is -3.41. The number of pyridine rings is 1. The van der Waals surface area contributed by atoms with E-state index < -0.39 is 0 Å². The molecule has 6 nitrogen and oxygen atoms in total. The van der Waals surface area contributed by atoms with Crippen LogP contribution in [0.25, 0.3) is 16.7 Å². The fourth-order valence-electron chi connectivity index (χ4n) is 2.56. The second-order valence-electron chi connectivity index (χ2n) is 5.36. The molecular weight excluding hydrogens is 304 g/mol. The van der Waals surface area contributed by atoms with E-state index in [9.17, 15) is 4.79 Å². The molecule has 0 saturated heterocycles. The van der Waals surface area contributed by atoms with E-state index in [0.717, 1.165) is 22.4 Å². The highest BCUT2D eigenvalue weighted by molar-refractivity contribution is 6.03. The first-order valence-corrected chi connectivity index (χ1v) is 7.48. The first-order valence-electron chi connectivity index (χ1n) is 7.48. The molecule has 3 heterocycles. The number of para-hydroxylation sites is 1. The number of furan rings is 1. The van der Waals surface area contributed by atoms with Crippen molar-refractivity contribution in [1.29, 1.82) is 0 Å². The smallest absolute Gasteiger partial charge is 0.291 e. The highest BCUT2D eigenvalue weighted by atomic mass is 16.3. The lowest BCUT2D eigenvalue weighted by molar-refractivity contribution is 0.0996. The zero-order valence-electron chi connectivity index (χ0n) is 12.9. The van der Waals surface area contributed by atoms with Crippen LogP contribution >= 0.6 is 0 Å². The van der Waals surface area contributed by atoms with Gasteiger partial charge in [0.2, 0.25) is 0 Å². The SMILES string of the molecule is Cc1nn(-c2ccccc2)c2ncc(NC(=O)c3ccco3)cc12. The van der Waals surface area contributed by atoms with E-state index in [-0.39, 0.29) is 11.7 Å². The first-order chi connectivity index (χ1) is 11.7. The highest BCUT2D eigenvalue weighted by Gasteiger charge is 2.13. The maximum absolute atomic E-state index is 12.1. The van der Waals surface area contributed by atoms with E-state index in [1.807, 2.05) is 43.3 Å². The van der Waals surface area contributed by atoms with Crippen LogP contribution in [0.4, 0.5) is 5.69 Å². The van der Waals surface area contributed by atoms with E-state index in [1.54, 1.807) is 23.0 Å². The quantitative estimate of drug-likeness (QED) is 0.626. The van der Waals surface area contributed by atoms with Crippen molar-refractivity contribution in [2.75, 3.05) is 5.32 Å². The van der Waals surface area contributed by atoms with Gasteiger partial charge >= 0.3 is 0 Å². The Kier molecular flexibility index (Phi) is 3.35. The first kappa shape index (κ1) is 14.2. The second-order valence-corrected chi connectivity index (χ2v) is 5.36. The fraction of sp³-hybridized carbons (Fsp3) is 0.0556. The van der Waals surface area contributed by atoms with Crippen molar-refractivity contribution >= 4 is 22.6 Å². The Morgan fingerprint density at radius 1 is 1.17 bits per heavy atom. The summed E-state index contributed by atoms with van der Waals surface area (Å²) in [5, 5.41) is 8.22. The Bertz CT molecular complexity index is 1000. The maximum Gasteiger partial charge on any atom is 0.291 e. The molecule has 1 N–H and O–H groups in total. The molecule has 3 aromatic heterocycles. The number of aryl methyl sites for hydroxylation is 1. The van der Waals surface area contributed by atoms with Crippen LogP contribution in [0.3, 0.4) is 0 Å². The lowest BCUT2D eigenvalue weighted by atomic mass is 10.2. The van der Waals surface area contributed by atoms with Gasteiger partial charge in [-0.05, 0) is 37.3 Å². The number of carbonyl (C=O) groups excluding carboxylic acids is 1. The van der Waals surface area contributed by atoms with Gasteiger partial charge in [0.1, 0.15) is 0 Å². The van der Waals surface area contributed by atoms with Gasteiger partial charge in [0, 0.05) is 5.39 Å². The number of amides is 1. The lowest BCUT2D eigenvalue weighted by Crippen LogP contribution is -2.11. The molecule has 0 aliphatic heterocycles. The molecule has 24 heavy (non-hydrogen) atoms. The topological polar surface area (TPSA) is 73.0 Å². The molecule has 0 spiro atoms. The lowest BCUT2D eigenvalue weighted by Gasteiger charge is -2.04. The Morgan fingerprint density at radius 2 is 2.00 bits per heavy atom. The molecule has 1 aromatic carbocycles. The van der Waals surface area contributed by atoms with Gasteiger partial charge in [-0.2, -0.15) is 5.10 Å². The standard InChI is InChI=1S/C18H14N4O2/c1-12-15-10-13(20-18(23)16-8-5-9-24-16)11-19-17(15)22(21-12)14-6-3-2-4-7-14/h2-11H,1H3,(H,20,23). The molecule has 0 aliphatic carbocycles. The Balaban J connectivity index is 1.72. The third-order valence-corrected chi connectivity index (χ3v) is 3.71. The van der Waals surface area contributed by atoms with Gasteiger partial charge in [-0.15, -0.1) is 0 Å². The maximum atomic E-state index is 12.1. The van der Waals surface area contributed by atoms with Crippen LogP contribution in [-0.4, -0.2) is 20.7 Å². The minimum atomic E-state index is -0.311. The summed E-state index contributed by atoms with van der Waals surface area (Å²) >= 11 is 0. The van der Waals surface area contributed by atoms with E-state index >= 15 is 0 Å². The van der Waals surface area contributed by atoms with Gasteiger partial charge in [0.05, 0.1) is 29.5 Å². The van der Waals surface area contributed by atoms with Gasteiger partial charge in [0.15, 0.2) is 11.4 Å². The monoisotopic (exact) mass is 318 g/mol. The van der Waals surface area contributed by atoms with Gasteiger partial charge in [0.25, 0.3) is 5.91 Å². The number of aromatic nitrogens is 3. The van der Waals surface area contributed by atoms with Crippen molar-refractivity contribution in [1.82, 2.24) is 14.8 Å². The average molecular weight is 318 g/mol. The summed E-state index contributed by atoms with van der Waals surface area (Å²) in [4.78, 5) is 16.5. The third kappa shape index (κ3) is 2.44. The fourth-order valence-corrected chi connectivity index (χ4v) is 2.56. The number of hydrogen-bond acceptors (Lipinski definition) is 4. The number of fused-ring (bicyclic) bond motifs is 1. The number of hydrogen-bond donors (Lipinski definition) is 1. The van der Waals surface area contributed by atoms with Crippen LogP contribution in [0.15, 0.2) is 65.4 Å². The van der Waals surface area contributed by atoms with E-state index in [2.05, 4.69) is 15.4 Å². The van der Waals surface area contributed by atoms with Gasteiger partial charge in [-0.25, -0.2) is 9.67 Å². The zero-order chi connectivity index (χ0) is 16.5. The molecule has 0 fully saturated rings. The van der Waals surface area contributed by atoms with Crippen molar-refractivity contribution in [3.63, 3.8) is 0 Å². The van der Waals surface area contributed by atoms with Crippen LogP contribution in [0.5, 0.6) is 0 Å². The summed E-state index contributed by atoms with van der Waals surface area (Å²) in [5.74, 6) is -0.0546. The number of nitrogens with zero attached hydrogens (tertiary/aromatic N) is 3. The van der Waals surface area contributed by atoms with Crippen LogP contribution in [0.2, 0.25) is 0 Å². The summed E-state index contributed by atoms with van der Waals surface area (Å²) in [5.41, 5.74) is 3.13. The van der Waals surface area contributed by atoms with Crippen molar-refractivity contribution in [3.05, 3.63) is 72.4 Å². The number of benzene rings is 1. The summed E-state index contributed by atoms with van der Waals surface area (Å²) in [7, 11) is 0. The summed E-state index contributed by atoms with van der Waals surface area (Å²) < 4.78 is 6.89. The minimum absolute atomic E-state index is 0.256. The molecule has 6 heteroatoms. The van der Waals surface area contributed by atoms with Gasteiger partial charge in [-0.1, -0.05) is 18.2 Å². The molecule has 4 aromatic rings. The van der Waals surface area contributed by atoms with Crippen molar-refractivity contribution < 1.29 is 9.21 Å². The number of rotatable bonds is 3. The Labute approximate surface area is 137 Å². The van der Waals surface area contributed by atoms with Crippen molar-refractivity contribution in [2.24, 2.45) is 0 Å². The Morgan fingerprint density at radius 3 is 2.75 bits per heavy atom. The number of anilines is 1. The van der Waals surface area contributed by atoms with Crippen molar-refractivity contribution in [2.45, 2.75) is 6.92 Å². The third-order valence-electron chi connectivity index (χ3n) is 3.71. The molecule has 4 rings (SSSR count). The van der Waals surface area contributed by atoms with Crippen molar-refractivity contribution in [3.8, 4) is 5.69 Å². The summed E-state index contributed by atoms with van der Waals surface area (Å²) in [6.45, 7) is 1.92. The molecule has 0 aliphatic rings. The molecule has 0 radical (unpaired) electrons. The molecule has 118 valence electrons. The minimum Gasteiger partial charge on any atom is -0.459 e. The van der Waals surface area contributed by atoms with Gasteiger partial charge < -0.3 is 9.73 Å². The highest BCUT2D eigenvalue weighted by Crippen LogP contribution is 2.23. The normalized spacial score (nSPS) is 10.9. The number of carbonyl (C=O) groups is 1. The molecule has 1 amide bonds. The van der Waals surface area contributed by atoms with Gasteiger partial charge in [-0.3, -0.25) is 4.79 Å². The van der Waals surface area contributed by atoms with Crippen LogP contribution in [0, 0.1) is 6.92 Å². The predicted molar refractivity (Wildman–Crippen MR) is 90.3 cm³/mol. The van der Waals surface area contributed by atoms with Crippen LogP contribution < -0.4 is 5.32 Å². The zero-order valence-corrected chi connectivity index (χ0v) is 12.9.